The van der Waals surface area contributed by atoms with Crippen LogP contribution in [0.25, 0.3) is 0 Å². The zero-order valence-electron chi connectivity index (χ0n) is 9.63. The summed E-state index contributed by atoms with van der Waals surface area (Å²) in [5.74, 6) is 1.99. The topological polar surface area (TPSA) is 53.5 Å². The molecule has 1 rings (SSSR count). The first kappa shape index (κ1) is 14.3. The van der Waals surface area contributed by atoms with Crippen molar-refractivity contribution in [1.29, 1.82) is 0 Å². The van der Waals surface area contributed by atoms with E-state index >= 15 is 0 Å². The number of hydrogen-bond acceptors (Lipinski definition) is 3. The molecule has 1 aromatic rings. The second-order valence-corrected chi connectivity index (χ2v) is 4.24. The second-order valence-electron chi connectivity index (χ2n) is 3.38. The van der Waals surface area contributed by atoms with E-state index in [0.717, 1.165) is 16.0 Å². The molecule has 86 valence electrons. The maximum absolute atomic E-state index is 5.24. The van der Waals surface area contributed by atoms with Gasteiger partial charge in [0.2, 0.25) is 0 Å². The summed E-state index contributed by atoms with van der Waals surface area (Å²) in [5.41, 5.74) is 1.22. The zero-order chi connectivity index (χ0) is 10.7. The summed E-state index contributed by atoms with van der Waals surface area (Å²) in [6.45, 7) is 4.29. The number of hydrogen-bond donors (Lipinski definition) is 1. The first-order valence-electron chi connectivity index (χ1n) is 4.51. The van der Waals surface area contributed by atoms with Gasteiger partial charge in [0.1, 0.15) is 0 Å². The highest BCUT2D eigenvalue weighted by Crippen LogP contribution is 2.36. The summed E-state index contributed by atoms with van der Waals surface area (Å²) in [7, 11) is 3.29. The quantitative estimate of drug-likeness (QED) is 0.914. The van der Waals surface area contributed by atoms with Crippen molar-refractivity contribution in [2.24, 2.45) is 0 Å². The molecule has 4 heteroatoms. The van der Waals surface area contributed by atoms with Crippen molar-refractivity contribution in [3.63, 3.8) is 0 Å². The average Bonchev–Trinajstić information content (AvgIpc) is 2.16. The Balaban J connectivity index is 0.00000196. The fourth-order valence-corrected chi connectivity index (χ4v) is 2.09. The first-order chi connectivity index (χ1) is 6.60. The van der Waals surface area contributed by atoms with E-state index in [9.17, 15) is 0 Å². The molecular weight excluding hydrogens is 258 g/mol. The number of ether oxygens (including phenoxy) is 2. The van der Waals surface area contributed by atoms with Gasteiger partial charge in [0.05, 0.1) is 14.2 Å². The fraction of sp³-hybridized carbons (Fsp3) is 0.455. The lowest BCUT2D eigenvalue weighted by Gasteiger charge is -2.13. The van der Waals surface area contributed by atoms with Crippen LogP contribution in [0.5, 0.6) is 11.5 Å². The van der Waals surface area contributed by atoms with Gasteiger partial charge in [-0.3, -0.25) is 0 Å². The van der Waals surface area contributed by atoms with Gasteiger partial charge in [0.15, 0.2) is 11.5 Å². The number of halogens is 1. The van der Waals surface area contributed by atoms with E-state index < -0.39 is 0 Å². The molecule has 0 saturated heterocycles. The summed E-state index contributed by atoms with van der Waals surface area (Å²) in [6, 6.07) is 3.95. The molecule has 0 heterocycles. The van der Waals surface area contributed by atoms with Crippen molar-refractivity contribution in [3.05, 3.63) is 22.2 Å². The van der Waals surface area contributed by atoms with Crippen LogP contribution in [0, 0.1) is 0 Å². The Morgan fingerprint density at radius 1 is 1.07 bits per heavy atom. The van der Waals surface area contributed by atoms with Crippen LogP contribution >= 0.6 is 15.9 Å². The van der Waals surface area contributed by atoms with Crippen molar-refractivity contribution < 1.29 is 9.47 Å². The van der Waals surface area contributed by atoms with E-state index in [1.165, 1.54) is 5.56 Å². The third-order valence-electron chi connectivity index (χ3n) is 2.12. The van der Waals surface area contributed by atoms with Crippen molar-refractivity contribution in [2.45, 2.75) is 19.8 Å². The molecule has 0 aliphatic rings. The minimum absolute atomic E-state index is 0. The number of benzene rings is 1. The van der Waals surface area contributed by atoms with Crippen molar-refractivity contribution in [1.82, 2.24) is 6.15 Å². The third kappa shape index (κ3) is 3.11. The molecule has 0 aromatic heterocycles. The lowest BCUT2D eigenvalue weighted by molar-refractivity contribution is 0.354. The molecule has 0 amide bonds. The highest BCUT2D eigenvalue weighted by Gasteiger charge is 2.11. The van der Waals surface area contributed by atoms with Gasteiger partial charge < -0.3 is 15.6 Å². The van der Waals surface area contributed by atoms with E-state index in [1.54, 1.807) is 14.2 Å². The molecule has 0 radical (unpaired) electrons. The number of rotatable bonds is 3. The summed E-state index contributed by atoms with van der Waals surface area (Å²) in [6.07, 6.45) is 0. The predicted octanol–water partition coefficient (Wildman–Crippen LogP) is 3.75. The standard InChI is InChI=1S/C11H15BrO2.H3N/c1-7(2)8-5-10(13-3)11(14-4)6-9(8)12;/h5-7H,1-4H3;1H3. The number of methoxy groups -OCH3 is 2. The maximum atomic E-state index is 5.24. The lowest BCUT2D eigenvalue weighted by Crippen LogP contribution is -1.95. The van der Waals surface area contributed by atoms with Crippen LogP contribution in [-0.4, -0.2) is 14.2 Å². The molecule has 0 aliphatic carbocycles. The van der Waals surface area contributed by atoms with Gasteiger partial charge in [-0.05, 0) is 23.6 Å². The Morgan fingerprint density at radius 3 is 1.93 bits per heavy atom. The van der Waals surface area contributed by atoms with E-state index in [4.69, 9.17) is 9.47 Å². The Morgan fingerprint density at radius 2 is 1.53 bits per heavy atom. The molecule has 0 bridgehead atoms. The van der Waals surface area contributed by atoms with Crippen LogP contribution < -0.4 is 15.6 Å². The second kappa shape index (κ2) is 5.98. The maximum Gasteiger partial charge on any atom is 0.161 e. The summed E-state index contributed by atoms with van der Waals surface area (Å²) < 4.78 is 11.5. The molecule has 15 heavy (non-hydrogen) atoms. The van der Waals surface area contributed by atoms with Crippen LogP contribution in [0.1, 0.15) is 25.3 Å². The van der Waals surface area contributed by atoms with Crippen LogP contribution in [0.15, 0.2) is 16.6 Å². The highest BCUT2D eigenvalue weighted by atomic mass is 79.9. The van der Waals surface area contributed by atoms with Gasteiger partial charge in [0, 0.05) is 4.47 Å². The Bertz CT molecular complexity index is 327. The molecule has 0 fully saturated rings. The Hall–Kier alpha value is -0.740. The van der Waals surface area contributed by atoms with Gasteiger partial charge in [-0.1, -0.05) is 29.8 Å². The van der Waals surface area contributed by atoms with Gasteiger partial charge in [-0.25, -0.2) is 0 Å². The molecule has 0 spiro atoms. The lowest BCUT2D eigenvalue weighted by atomic mass is 10.0. The SMILES string of the molecule is COc1cc(Br)c(C(C)C)cc1OC.N. The minimum atomic E-state index is 0. The third-order valence-corrected chi connectivity index (χ3v) is 2.81. The molecule has 1 aromatic carbocycles. The van der Waals surface area contributed by atoms with Crippen molar-refractivity contribution >= 4 is 15.9 Å². The van der Waals surface area contributed by atoms with Gasteiger partial charge in [-0.15, -0.1) is 0 Å². The Labute approximate surface area is 99.5 Å². The smallest absolute Gasteiger partial charge is 0.161 e. The largest absolute Gasteiger partial charge is 0.493 e. The summed E-state index contributed by atoms with van der Waals surface area (Å²) >= 11 is 3.52. The summed E-state index contributed by atoms with van der Waals surface area (Å²) in [4.78, 5) is 0. The minimum Gasteiger partial charge on any atom is -0.493 e. The van der Waals surface area contributed by atoms with E-state index in [0.29, 0.717) is 5.92 Å². The predicted molar refractivity (Wildman–Crippen MR) is 66.4 cm³/mol. The van der Waals surface area contributed by atoms with Crippen LogP contribution in [0.4, 0.5) is 0 Å². The molecule has 3 N–H and O–H groups in total. The monoisotopic (exact) mass is 275 g/mol. The molecule has 3 nitrogen and oxygen atoms in total. The van der Waals surface area contributed by atoms with Gasteiger partial charge in [0.25, 0.3) is 0 Å². The first-order valence-corrected chi connectivity index (χ1v) is 5.30. The molecule has 0 aliphatic heterocycles. The highest BCUT2D eigenvalue weighted by molar-refractivity contribution is 9.10. The van der Waals surface area contributed by atoms with Crippen LogP contribution in [0.3, 0.4) is 0 Å². The molecule has 0 unspecified atom stereocenters. The molecule has 0 saturated carbocycles. The van der Waals surface area contributed by atoms with Crippen LogP contribution in [0.2, 0.25) is 0 Å². The van der Waals surface area contributed by atoms with Crippen LogP contribution in [-0.2, 0) is 0 Å². The molecule has 0 atom stereocenters. The van der Waals surface area contributed by atoms with E-state index in [2.05, 4.69) is 29.8 Å². The normalized spacial score (nSPS) is 9.73. The Kier molecular flexibility index (Phi) is 5.68. The van der Waals surface area contributed by atoms with Crippen molar-refractivity contribution in [3.8, 4) is 11.5 Å². The van der Waals surface area contributed by atoms with E-state index in [-0.39, 0.29) is 6.15 Å². The fourth-order valence-electron chi connectivity index (χ4n) is 1.31. The van der Waals surface area contributed by atoms with E-state index in [1.807, 2.05) is 12.1 Å². The van der Waals surface area contributed by atoms with Gasteiger partial charge >= 0.3 is 0 Å². The zero-order valence-corrected chi connectivity index (χ0v) is 11.2. The van der Waals surface area contributed by atoms with Gasteiger partial charge in [-0.2, -0.15) is 0 Å². The molecular formula is C11H18BrNO2. The average molecular weight is 276 g/mol. The van der Waals surface area contributed by atoms with Crippen molar-refractivity contribution in [2.75, 3.05) is 14.2 Å². The summed E-state index contributed by atoms with van der Waals surface area (Å²) in [5, 5.41) is 0.